The summed E-state index contributed by atoms with van der Waals surface area (Å²) in [7, 11) is 0. The van der Waals surface area contributed by atoms with Gasteiger partial charge < -0.3 is 9.72 Å². The zero-order valence-electron chi connectivity index (χ0n) is 9.56. The summed E-state index contributed by atoms with van der Waals surface area (Å²) < 4.78 is 2.11. The Labute approximate surface area is 95.8 Å². The fraction of sp³-hybridized carbons (Fsp3) is 0.308. The number of fused-ring (bicyclic) bond motifs is 1. The molecule has 84 valence electrons. The predicted octanol–water partition coefficient (Wildman–Crippen LogP) is 2.39. The molecule has 0 saturated carbocycles. The average molecular weight is 215 g/mol. The van der Waals surface area contributed by atoms with E-state index < -0.39 is 0 Å². The standard InChI is InChI=1S/C13H17N3/c1-2-3-4-8-14-11-12-6-5-7-13-15-9-10-16(12)13/h2-3,5-7,9-10,14H,4,8,11H2,1H3/b3-2+. The van der Waals surface area contributed by atoms with Crippen molar-refractivity contribution in [1.82, 2.24) is 14.7 Å². The topological polar surface area (TPSA) is 29.3 Å². The Kier molecular flexibility index (Phi) is 3.72. The van der Waals surface area contributed by atoms with Gasteiger partial charge >= 0.3 is 0 Å². The van der Waals surface area contributed by atoms with Crippen LogP contribution in [0.5, 0.6) is 0 Å². The molecule has 2 aromatic rings. The summed E-state index contributed by atoms with van der Waals surface area (Å²) in [6, 6.07) is 6.19. The van der Waals surface area contributed by atoms with E-state index in [1.54, 1.807) is 0 Å². The van der Waals surface area contributed by atoms with E-state index in [1.165, 1.54) is 5.69 Å². The summed E-state index contributed by atoms with van der Waals surface area (Å²) in [6.45, 7) is 3.94. The third-order valence-electron chi connectivity index (χ3n) is 2.54. The average Bonchev–Trinajstić information content (AvgIpc) is 2.77. The molecule has 1 N–H and O–H groups in total. The molecule has 0 radical (unpaired) electrons. The highest BCUT2D eigenvalue weighted by Crippen LogP contribution is 2.05. The molecule has 3 nitrogen and oxygen atoms in total. The van der Waals surface area contributed by atoms with Crippen molar-refractivity contribution in [3.8, 4) is 0 Å². The maximum absolute atomic E-state index is 4.26. The highest BCUT2D eigenvalue weighted by molar-refractivity contribution is 5.39. The van der Waals surface area contributed by atoms with Gasteiger partial charge in [-0.2, -0.15) is 0 Å². The second-order valence-electron chi connectivity index (χ2n) is 3.71. The molecule has 0 atom stereocenters. The SMILES string of the molecule is C/C=C/CCNCc1cccc2nccn12. The summed E-state index contributed by atoms with van der Waals surface area (Å²) in [5.41, 5.74) is 2.25. The highest BCUT2D eigenvalue weighted by atomic mass is 15.0. The van der Waals surface area contributed by atoms with Crippen LogP contribution >= 0.6 is 0 Å². The second kappa shape index (κ2) is 5.47. The molecule has 2 aromatic heterocycles. The smallest absolute Gasteiger partial charge is 0.136 e. The van der Waals surface area contributed by atoms with Gasteiger partial charge in [-0.15, -0.1) is 0 Å². The number of nitrogens with one attached hydrogen (secondary N) is 1. The summed E-state index contributed by atoms with van der Waals surface area (Å²) in [5, 5.41) is 3.42. The molecule has 16 heavy (non-hydrogen) atoms. The number of imidazole rings is 1. The van der Waals surface area contributed by atoms with Crippen LogP contribution in [0.15, 0.2) is 42.7 Å². The van der Waals surface area contributed by atoms with Crippen LogP contribution in [0.25, 0.3) is 5.65 Å². The second-order valence-corrected chi connectivity index (χ2v) is 3.71. The minimum atomic E-state index is 0.880. The summed E-state index contributed by atoms with van der Waals surface area (Å²) >= 11 is 0. The number of hydrogen-bond donors (Lipinski definition) is 1. The van der Waals surface area contributed by atoms with E-state index in [9.17, 15) is 0 Å². The normalized spacial score (nSPS) is 11.6. The first kappa shape index (κ1) is 10.9. The van der Waals surface area contributed by atoms with Gasteiger partial charge in [0.15, 0.2) is 0 Å². The van der Waals surface area contributed by atoms with Crippen molar-refractivity contribution < 1.29 is 0 Å². The van der Waals surface area contributed by atoms with E-state index in [0.717, 1.165) is 25.2 Å². The number of allylic oxidation sites excluding steroid dienone is 1. The van der Waals surface area contributed by atoms with Crippen LogP contribution in [-0.4, -0.2) is 15.9 Å². The van der Waals surface area contributed by atoms with Crippen molar-refractivity contribution in [2.45, 2.75) is 19.9 Å². The molecule has 0 saturated heterocycles. The Hall–Kier alpha value is -1.61. The molecular formula is C13H17N3. The molecule has 0 fully saturated rings. The molecule has 0 unspecified atom stereocenters. The van der Waals surface area contributed by atoms with Crippen LogP contribution in [0.1, 0.15) is 19.0 Å². The molecule has 0 aliphatic rings. The number of hydrogen-bond acceptors (Lipinski definition) is 2. The van der Waals surface area contributed by atoms with Crippen LogP contribution < -0.4 is 5.32 Å². The van der Waals surface area contributed by atoms with Gasteiger partial charge in [0.1, 0.15) is 5.65 Å². The lowest BCUT2D eigenvalue weighted by atomic mass is 10.3. The number of rotatable bonds is 5. The van der Waals surface area contributed by atoms with Crippen LogP contribution in [0.3, 0.4) is 0 Å². The van der Waals surface area contributed by atoms with Crippen molar-refractivity contribution in [2.24, 2.45) is 0 Å². The number of aromatic nitrogens is 2. The van der Waals surface area contributed by atoms with Gasteiger partial charge in [0.25, 0.3) is 0 Å². The van der Waals surface area contributed by atoms with E-state index in [0.29, 0.717) is 0 Å². The van der Waals surface area contributed by atoms with Gasteiger partial charge in [-0.3, -0.25) is 0 Å². The molecule has 0 aliphatic carbocycles. The minimum absolute atomic E-state index is 0.880. The molecule has 0 aliphatic heterocycles. The number of pyridine rings is 1. The summed E-state index contributed by atoms with van der Waals surface area (Å²) in [6.07, 6.45) is 9.16. The Balaban J connectivity index is 1.96. The maximum Gasteiger partial charge on any atom is 0.136 e. The van der Waals surface area contributed by atoms with E-state index in [-0.39, 0.29) is 0 Å². The molecule has 2 heterocycles. The van der Waals surface area contributed by atoms with Crippen molar-refractivity contribution in [3.05, 3.63) is 48.4 Å². The Morgan fingerprint density at radius 2 is 2.38 bits per heavy atom. The van der Waals surface area contributed by atoms with Crippen LogP contribution in [-0.2, 0) is 6.54 Å². The molecule has 0 spiro atoms. The van der Waals surface area contributed by atoms with Gasteiger partial charge in [0.2, 0.25) is 0 Å². The first-order valence-corrected chi connectivity index (χ1v) is 5.64. The molecule has 0 aromatic carbocycles. The van der Waals surface area contributed by atoms with Crippen molar-refractivity contribution in [3.63, 3.8) is 0 Å². The Morgan fingerprint density at radius 3 is 3.25 bits per heavy atom. The first-order valence-electron chi connectivity index (χ1n) is 5.64. The third-order valence-corrected chi connectivity index (χ3v) is 2.54. The summed E-state index contributed by atoms with van der Waals surface area (Å²) in [5.74, 6) is 0. The van der Waals surface area contributed by atoms with E-state index in [1.807, 2.05) is 31.5 Å². The molecule has 0 amide bonds. The minimum Gasteiger partial charge on any atom is -0.311 e. The molecule has 3 heteroatoms. The molecule has 0 bridgehead atoms. The van der Waals surface area contributed by atoms with Gasteiger partial charge in [0, 0.05) is 24.6 Å². The van der Waals surface area contributed by atoms with Crippen molar-refractivity contribution in [2.75, 3.05) is 6.54 Å². The quantitative estimate of drug-likeness (QED) is 0.613. The van der Waals surface area contributed by atoms with Crippen molar-refractivity contribution in [1.29, 1.82) is 0 Å². The lowest BCUT2D eigenvalue weighted by Gasteiger charge is -2.06. The van der Waals surface area contributed by atoms with Crippen LogP contribution in [0.4, 0.5) is 0 Å². The monoisotopic (exact) mass is 215 g/mol. The largest absolute Gasteiger partial charge is 0.311 e. The van der Waals surface area contributed by atoms with Gasteiger partial charge in [-0.05, 0) is 32.0 Å². The molecular weight excluding hydrogens is 198 g/mol. The van der Waals surface area contributed by atoms with Crippen LogP contribution in [0, 0.1) is 0 Å². The Bertz CT molecular complexity index is 471. The van der Waals surface area contributed by atoms with Gasteiger partial charge in [-0.25, -0.2) is 4.98 Å². The van der Waals surface area contributed by atoms with Crippen LogP contribution in [0.2, 0.25) is 0 Å². The van der Waals surface area contributed by atoms with E-state index >= 15 is 0 Å². The van der Waals surface area contributed by atoms with E-state index in [4.69, 9.17) is 0 Å². The van der Waals surface area contributed by atoms with E-state index in [2.05, 4.69) is 32.9 Å². The summed E-state index contributed by atoms with van der Waals surface area (Å²) in [4.78, 5) is 4.26. The zero-order chi connectivity index (χ0) is 11.2. The first-order chi connectivity index (χ1) is 7.92. The highest BCUT2D eigenvalue weighted by Gasteiger charge is 1.98. The zero-order valence-corrected chi connectivity index (χ0v) is 9.56. The predicted molar refractivity (Wildman–Crippen MR) is 66.3 cm³/mol. The fourth-order valence-electron chi connectivity index (χ4n) is 1.72. The molecule has 2 rings (SSSR count). The lowest BCUT2D eigenvalue weighted by Crippen LogP contribution is -2.16. The third kappa shape index (κ3) is 2.49. The number of nitrogens with zero attached hydrogens (tertiary/aromatic N) is 2. The van der Waals surface area contributed by atoms with Gasteiger partial charge in [0.05, 0.1) is 0 Å². The maximum atomic E-state index is 4.26. The Morgan fingerprint density at radius 1 is 1.44 bits per heavy atom. The lowest BCUT2D eigenvalue weighted by molar-refractivity contribution is 0.676. The van der Waals surface area contributed by atoms with Crippen molar-refractivity contribution >= 4 is 5.65 Å². The van der Waals surface area contributed by atoms with Gasteiger partial charge in [-0.1, -0.05) is 18.2 Å². The fourth-order valence-corrected chi connectivity index (χ4v) is 1.72.